The number of pyridine rings is 1. The van der Waals surface area contributed by atoms with Crippen LogP contribution < -0.4 is 10.9 Å². The molecular weight excluding hydrogens is 348 g/mol. The van der Waals surface area contributed by atoms with Crippen molar-refractivity contribution in [3.63, 3.8) is 0 Å². The van der Waals surface area contributed by atoms with Gasteiger partial charge in [0.2, 0.25) is 5.91 Å². The molecule has 0 aliphatic carbocycles. The number of carbonyl (C=O) groups is 1. The van der Waals surface area contributed by atoms with E-state index in [2.05, 4.69) is 15.4 Å². The lowest BCUT2D eigenvalue weighted by atomic mass is 10.2. The second-order valence-electron chi connectivity index (χ2n) is 5.95. The van der Waals surface area contributed by atoms with E-state index in [1.165, 1.54) is 4.68 Å². The van der Waals surface area contributed by atoms with Crippen LogP contribution in [0.3, 0.4) is 0 Å². The first-order chi connectivity index (χ1) is 12.6. The van der Waals surface area contributed by atoms with Crippen molar-refractivity contribution in [3.8, 4) is 0 Å². The summed E-state index contributed by atoms with van der Waals surface area (Å²) in [7, 11) is 0. The molecule has 3 aromatic heterocycles. The summed E-state index contributed by atoms with van der Waals surface area (Å²) >= 11 is 1.55. The third-order valence-electron chi connectivity index (χ3n) is 4.13. The SMILES string of the molecule is Cc1nn(CC(=O)NCc2ccccn2)c(=O)c2c1sc1ccccc12. The van der Waals surface area contributed by atoms with E-state index in [4.69, 9.17) is 0 Å². The molecule has 3 heterocycles. The molecule has 6 nitrogen and oxygen atoms in total. The molecule has 7 heteroatoms. The number of carbonyl (C=O) groups excluding carboxylic acids is 1. The molecule has 130 valence electrons. The van der Waals surface area contributed by atoms with Crippen LogP contribution in [0.25, 0.3) is 20.2 Å². The van der Waals surface area contributed by atoms with E-state index in [0.717, 1.165) is 26.2 Å². The molecule has 0 radical (unpaired) electrons. The van der Waals surface area contributed by atoms with Crippen molar-refractivity contribution in [1.29, 1.82) is 0 Å². The second kappa shape index (κ2) is 6.68. The minimum Gasteiger partial charge on any atom is -0.349 e. The van der Waals surface area contributed by atoms with Crippen LogP contribution >= 0.6 is 11.3 Å². The normalized spacial score (nSPS) is 11.1. The van der Waals surface area contributed by atoms with E-state index in [1.807, 2.05) is 49.4 Å². The summed E-state index contributed by atoms with van der Waals surface area (Å²) in [6.45, 7) is 2.06. The Balaban J connectivity index is 1.64. The smallest absolute Gasteiger partial charge is 0.276 e. The van der Waals surface area contributed by atoms with Crippen LogP contribution in [-0.4, -0.2) is 20.7 Å². The number of thiophene rings is 1. The molecule has 0 saturated carbocycles. The highest BCUT2D eigenvalue weighted by molar-refractivity contribution is 7.26. The van der Waals surface area contributed by atoms with Gasteiger partial charge in [0, 0.05) is 16.3 Å². The highest BCUT2D eigenvalue weighted by Gasteiger charge is 2.15. The third kappa shape index (κ3) is 2.97. The number of aryl methyl sites for hydroxylation is 1. The van der Waals surface area contributed by atoms with E-state index in [-0.39, 0.29) is 18.0 Å². The summed E-state index contributed by atoms with van der Waals surface area (Å²) < 4.78 is 3.16. The molecule has 0 fully saturated rings. The van der Waals surface area contributed by atoms with Gasteiger partial charge in [-0.2, -0.15) is 5.10 Å². The lowest BCUT2D eigenvalue weighted by molar-refractivity contribution is -0.122. The standard InChI is InChI=1S/C19H16N4O2S/c1-12-18-17(14-7-2-3-8-15(14)26-18)19(25)23(22-12)11-16(24)21-10-13-6-4-5-9-20-13/h2-9H,10-11H2,1H3,(H,21,24). The van der Waals surface area contributed by atoms with Crippen LogP contribution in [0.5, 0.6) is 0 Å². The number of hydrogen-bond acceptors (Lipinski definition) is 5. The van der Waals surface area contributed by atoms with E-state index in [0.29, 0.717) is 11.9 Å². The van der Waals surface area contributed by atoms with E-state index in [9.17, 15) is 9.59 Å². The molecule has 4 rings (SSSR count). The highest BCUT2D eigenvalue weighted by Crippen LogP contribution is 2.32. The van der Waals surface area contributed by atoms with Crippen LogP contribution in [-0.2, 0) is 17.9 Å². The quantitative estimate of drug-likeness (QED) is 0.604. The number of amides is 1. The maximum absolute atomic E-state index is 12.9. The van der Waals surface area contributed by atoms with Crippen molar-refractivity contribution in [1.82, 2.24) is 20.1 Å². The molecule has 0 bridgehead atoms. The van der Waals surface area contributed by atoms with Gasteiger partial charge in [0.15, 0.2) is 0 Å². The summed E-state index contributed by atoms with van der Waals surface area (Å²) in [5, 5.41) is 8.65. The molecule has 0 aliphatic heterocycles. The number of rotatable bonds is 4. The number of nitrogens with one attached hydrogen (secondary N) is 1. The third-order valence-corrected chi connectivity index (χ3v) is 5.41. The zero-order valence-corrected chi connectivity index (χ0v) is 14.9. The van der Waals surface area contributed by atoms with Crippen molar-refractivity contribution >= 4 is 37.4 Å². The van der Waals surface area contributed by atoms with Crippen LogP contribution in [0.1, 0.15) is 11.4 Å². The largest absolute Gasteiger partial charge is 0.349 e. The molecule has 26 heavy (non-hydrogen) atoms. The van der Waals surface area contributed by atoms with Gasteiger partial charge in [0.1, 0.15) is 6.54 Å². The Bertz CT molecular complexity index is 1160. The average Bonchev–Trinajstić information content (AvgIpc) is 3.05. The van der Waals surface area contributed by atoms with Gasteiger partial charge in [-0.05, 0) is 25.1 Å². The molecule has 1 N–H and O–H groups in total. The van der Waals surface area contributed by atoms with Crippen molar-refractivity contribution in [2.24, 2.45) is 0 Å². The van der Waals surface area contributed by atoms with E-state index < -0.39 is 0 Å². The first kappa shape index (κ1) is 16.4. The van der Waals surface area contributed by atoms with Crippen molar-refractivity contribution < 1.29 is 4.79 Å². The molecular formula is C19H16N4O2S. The molecule has 4 aromatic rings. The van der Waals surface area contributed by atoms with Crippen molar-refractivity contribution in [2.75, 3.05) is 0 Å². The van der Waals surface area contributed by atoms with E-state index >= 15 is 0 Å². The zero-order chi connectivity index (χ0) is 18.1. The molecule has 1 aromatic carbocycles. The first-order valence-corrected chi connectivity index (χ1v) is 9.00. The Hall–Kier alpha value is -3.06. The van der Waals surface area contributed by atoms with Crippen LogP contribution in [0.15, 0.2) is 53.5 Å². The first-order valence-electron chi connectivity index (χ1n) is 8.19. The average molecular weight is 364 g/mol. The minimum absolute atomic E-state index is 0.118. The maximum atomic E-state index is 12.9. The lowest BCUT2D eigenvalue weighted by Gasteiger charge is -2.08. The van der Waals surface area contributed by atoms with Gasteiger partial charge in [-0.25, -0.2) is 4.68 Å². The summed E-state index contributed by atoms with van der Waals surface area (Å²) in [6.07, 6.45) is 1.67. The van der Waals surface area contributed by atoms with E-state index in [1.54, 1.807) is 17.5 Å². The summed E-state index contributed by atoms with van der Waals surface area (Å²) in [4.78, 5) is 29.3. The van der Waals surface area contributed by atoms with Gasteiger partial charge in [-0.1, -0.05) is 24.3 Å². The summed E-state index contributed by atoms with van der Waals surface area (Å²) in [6, 6.07) is 13.3. The molecule has 0 unspecified atom stereocenters. The number of aromatic nitrogens is 3. The fourth-order valence-corrected chi connectivity index (χ4v) is 4.04. The lowest BCUT2D eigenvalue weighted by Crippen LogP contribution is -2.33. The van der Waals surface area contributed by atoms with Crippen LogP contribution in [0.4, 0.5) is 0 Å². The number of fused-ring (bicyclic) bond motifs is 3. The summed E-state index contributed by atoms with van der Waals surface area (Å²) in [5.41, 5.74) is 1.27. The number of hydrogen-bond donors (Lipinski definition) is 1. The van der Waals surface area contributed by atoms with Crippen LogP contribution in [0, 0.1) is 6.92 Å². The monoisotopic (exact) mass is 364 g/mol. The topological polar surface area (TPSA) is 76.9 Å². The van der Waals surface area contributed by atoms with Gasteiger partial charge < -0.3 is 5.32 Å². The molecule has 0 spiro atoms. The predicted molar refractivity (Wildman–Crippen MR) is 102 cm³/mol. The van der Waals surface area contributed by atoms with Gasteiger partial charge in [-0.15, -0.1) is 11.3 Å². The maximum Gasteiger partial charge on any atom is 0.276 e. The number of benzene rings is 1. The Morgan fingerprint density at radius 1 is 1.19 bits per heavy atom. The Morgan fingerprint density at radius 3 is 2.81 bits per heavy atom. The molecule has 0 atom stereocenters. The fourth-order valence-electron chi connectivity index (χ4n) is 2.90. The van der Waals surface area contributed by atoms with Gasteiger partial charge >= 0.3 is 0 Å². The Kier molecular flexibility index (Phi) is 4.22. The van der Waals surface area contributed by atoms with Gasteiger partial charge in [0.05, 0.1) is 28.0 Å². The van der Waals surface area contributed by atoms with Crippen molar-refractivity contribution in [2.45, 2.75) is 20.0 Å². The summed E-state index contributed by atoms with van der Waals surface area (Å²) in [5.74, 6) is -0.275. The van der Waals surface area contributed by atoms with Gasteiger partial charge in [-0.3, -0.25) is 14.6 Å². The second-order valence-corrected chi connectivity index (χ2v) is 7.00. The predicted octanol–water partition coefficient (Wildman–Crippen LogP) is 2.63. The Labute approximate surface area is 153 Å². The van der Waals surface area contributed by atoms with Gasteiger partial charge in [0.25, 0.3) is 5.56 Å². The Morgan fingerprint density at radius 2 is 2.00 bits per heavy atom. The van der Waals surface area contributed by atoms with Crippen molar-refractivity contribution in [3.05, 3.63) is 70.4 Å². The van der Waals surface area contributed by atoms with Crippen LogP contribution in [0.2, 0.25) is 0 Å². The fraction of sp³-hybridized carbons (Fsp3) is 0.158. The molecule has 0 aliphatic rings. The molecule has 0 saturated heterocycles. The minimum atomic E-state index is -0.275. The molecule has 1 amide bonds. The zero-order valence-electron chi connectivity index (χ0n) is 14.1. The number of nitrogens with zero attached hydrogens (tertiary/aromatic N) is 3. The highest BCUT2D eigenvalue weighted by atomic mass is 32.1.